The van der Waals surface area contributed by atoms with Crippen LogP contribution in [0.3, 0.4) is 0 Å². The highest BCUT2D eigenvalue weighted by atomic mass is 35.5. The van der Waals surface area contributed by atoms with Gasteiger partial charge in [0.05, 0.1) is 6.04 Å². The summed E-state index contributed by atoms with van der Waals surface area (Å²) in [6, 6.07) is 7.71. The molecule has 0 radical (unpaired) electrons. The van der Waals surface area contributed by atoms with Crippen LogP contribution >= 0.6 is 24.8 Å². The van der Waals surface area contributed by atoms with E-state index < -0.39 is 6.04 Å². The molecule has 4 nitrogen and oxygen atoms in total. The first-order chi connectivity index (χ1) is 10.9. The molecule has 2 atom stereocenters. The topological polar surface area (TPSA) is 58.4 Å². The zero-order valence-electron chi connectivity index (χ0n) is 15.5. The molecule has 1 saturated heterocycles. The van der Waals surface area contributed by atoms with Gasteiger partial charge in [-0.25, -0.2) is 0 Å². The molecule has 1 aliphatic rings. The monoisotopic (exact) mass is 389 g/mol. The van der Waals surface area contributed by atoms with Gasteiger partial charge in [-0.3, -0.25) is 9.69 Å². The SMILES string of the molecule is CC(C)C[C@H](N)C(=O)Nc1ccc(CN2CCCC(C)C2)cc1.Cl.Cl. The van der Waals surface area contributed by atoms with Gasteiger partial charge in [-0.15, -0.1) is 24.8 Å². The molecule has 1 aliphatic heterocycles. The van der Waals surface area contributed by atoms with Crippen LogP contribution in [0, 0.1) is 11.8 Å². The number of carbonyl (C=O) groups excluding carboxylic acids is 1. The summed E-state index contributed by atoms with van der Waals surface area (Å²) in [6.07, 6.45) is 3.35. The largest absolute Gasteiger partial charge is 0.325 e. The summed E-state index contributed by atoms with van der Waals surface area (Å²) in [6.45, 7) is 9.83. The summed E-state index contributed by atoms with van der Waals surface area (Å²) in [5.41, 5.74) is 8.03. The van der Waals surface area contributed by atoms with Gasteiger partial charge in [0, 0.05) is 18.8 Å². The number of benzene rings is 1. The number of nitrogens with one attached hydrogen (secondary N) is 1. The number of amides is 1. The van der Waals surface area contributed by atoms with Crippen molar-refractivity contribution >= 4 is 36.4 Å². The third-order valence-electron chi connectivity index (χ3n) is 4.43. The third-order valence-corrected chi connectivity index (χ3v) is 4.43. The van der Waals surface area contributed by atoms with Crippen LogP contribution in [0.4, 0.5) is 5.69 Å². The number of rotatable bonds is 6. The summed E-state index contributed by atoms with van der Waals surface area (Å²) in [5.74, 6) is 1.12. The van der Waals surface area contributed by atoms with Crippen LogP contribution < -0.4 is 11.1 Å². The molecule has 6 heteroatoms. The van der Waals surface area contributed by atoms with Crippen LogP contribution in [0.25, 0.3) is 0 Å². The first kappa shape index (κ1) is 24.2. The Bertz CT molecular complexity index is 508. The Morgan fingerprint density at radius 1 is 1.28 bits per heavy atom. The number of likely N-dealkylation sites (tertiary alicyclic amines) is 1. The molecule has 1 aromatic rings. The highest BCUT2D eigenvalue weighted by Gasteiger charge is 2.17. The molecule has 0 spiro atoms. The molecule has 2 rings (SSSR count). The molecule has 1 unspecified atom stereocenters. The van der Waals surface area contributed by atoms with Crippen molar-refractivity contribution in [2.45, 2.75) is 52.6 Å². The normalized spacial score (nSPS) is 18.8. The van der Waals surface area contributed by atoms with E-state index >= 15 is 0 Å². The van der Waals surface area contributed by atoms with Crippen LogP contribution in [0.5, 0.6) is 0 Å². The lowest BCUT2D eigenvalue weighted by molar-refractivity contribution is -0.117. The molecule has 1 aromatic carbocycles. The zero-order valence-corrected chi connectivity index (χ0v) is 17.2. The van der Waals surface area contributed by atoms with Crippen molar-refractivity contribution in [3.8, 4) is 0 Å². The predicted molar refractivity (Wildman–Crippen MR) is 111 cm³/mol. The Morgan fingerprint density at radius 2 is 1.92 bits per heavy atom. The van der Waals surface area contributed by atoms with Gasteiger partial charge in [0.15, 0.2) is 0 Å². The number of nitrogens with zero attached hydrogens (tertiary/aromatic N) is 1. The Labute approximate surface area is 164 Å². The molecule has 0 aliphatic carbocycles. The molecule has 0 aromatic heterocycles. The lowest BCUT2D eigenvalue weighted by Gasteiger charge is -2.30. The fourth-order valence-electron chi connectivity index (χ4n) is 3.23. The fourth-order valence-corrected chi connectivity index (χ4v) is 3.23. The van der Waals surface area contributed by atoms with Gasteiger partial charge >= 0.3 is 0 Å². The second-order valence-corrected chi connectivity index (χ2v) is 7.40. The summed E-state index contributed by atoms with van der Waals surface area (Å²) in [7, 11) is 0. The van der Waals surface area contributed by atoms with Crippen LogP contribution in [-0.2, 0) is 11.3 Å². The van der Waals surface area contributed by atoms with Crippen LogP contribution in [0.2, 0.25) is 0 Å². The van der Waals surface area contributed by atoms with Crippen LogP contribution in [-0.4, -0.2) is 29.9 Å². The molecule has 3 N–H and O–H groups in total. The average molecular weight is 390 g/mol. The Hall–Kier alpha value is -0.810. The summed E-state index contributed by atoms with van der Waals surface area (Å²) < 4.78 is 0. The van der Waals surface area contributed by atoms with E-state index in [0.29, 0.717) is 12.3 Å². The van der Waals surface area contributed by atoms with Crippen molar-refractivity contribution < 1.29 is 4.79 Å². The molecule has 0 bridgehead atoms. The quantitative estimate of drug-likeness (QED) is 0.770. The van der Waals surface area contributed by atoms with Crippen molar-refractivity contribution in [3.63, 3.8) is 0 Å². The molecule has 1 heterocycles. The van der Waals surface area contributed by atoms with Gasteiger partial charge in [-0.1, -0.05) is 32.9 Å². The lowest BCUT2D eigenvalue weighted by atomic mass is 10.00. The fraction of sp³-hybridized carbons (Fsp3) is 0.632. The van der Waals surface area contributed by atoms with Crippen LogP contribution in [0.15, 0.2) is 24.3 Å². The summed E-state index contributed by atoms with van der Waals surface area (Å²) in [4.78, 5) is 14.6. The van der Waals surface area contributed by atoms with Gasteiger partial charge in [0.1, 0.15) is 0 Å². The minimum Gasteiger partial charge on any atom is -0.325 e. The third kappa shape index (κ3) is 8.41. The minimum absolute atomic E-state index is 0. The molecule has 144 valence electrons. The van der Waals surface area contributed by atoms with E-state index in [1.54, 1.807) is 0 Å². The van der Waals surface area contributed by atoms with E-state index in [1.165, 1.54) is 31.5 Å². The maximum atomic E-state index is 12.0. The zero-order chi connectivity index (χ0) is 16.8. The van der Waals surface area contributed by atoms with E-state index in [1.807, 2.05) is 12.1 Å². The van der Waals surface area contributed by atoms with Crippen molar-refractivity contribution in [2.24, 2.45) is 17.6 Å². The van der Waals surface area contributed by atoms with Crippen molar-refractivity contribution in [1.82, 2.24) is 4.90 Å². The Balaban J connectivity index is 0.00000288. The number of hydrogen-bond donors (Lipinski definition) is 2. The first-order valence-corrected chi connectivity index (χ1v) is 8.81. The number of halogens is 2. The number of piperidine rings is 1. The van der Waals surface area contributed by atoms with Gasteiger partial charge in [-0.05, 0) is 55.3 Å². The van der Waals surface area contributed by atoms with Gasteiger partial charge in [0.25, 0.3) is 0 Å². The predicted octanol–water partition coefficient (Wildman–Crippen LogP) is 4.07. The maximum absolute atomic E-state index is 12.0. The Kier molecular flexibility index (Phi) is 11.4. The van der Waals surface area contributed by atoms with Crippen molar-refractivity contribution in [1.29, 1.82) is 0 Å². The number of anilines is 1. The highest BCUT2D eigenvalue weighted by Crippen LogP contribution is 2.19. The molecular formula is C19H33Cl2N3O. The standard InChI is InChI=1S/C19H31N3O.2ClH/c1-14(2)11-18(20)19(23)21-17-8-6-16(7-9-17)13-22-10-4-5-15(3)12-22;;/h6-9,14-15,18H,4-5,10-13,20H2,1-3H3,(H,21,23);2*1H/t15?,18-;;/m0../s1. The van der Waals surface area contributed by atoms with Crippen molar-refractivity contribution in [3.05, 3.63) is 29.8 Å². The molecule has 0 saturated carbocycles. The minimum atomic E-state index is -0.440. The molecule has 25 heavy (non-hydrogen) atoms. The van der Waals surface area contributed by atoms with E-state index in [9.17, 15) is 4.79 Å². The number of hydrogen-bond acceptors (Lipinski definition) is 3. The molecule has 1 amide bonds. The maximum Gasteiger partial charge on any atom is 0.241 e. The summed E-state index contributed by atoms with van der Waals surface area (Å²) >= 11 is 0. The van der Waals surface area contributed by atoms with Gasteiger partial charge < -0.3 is 11.1 Å². The van der Waals surface area contributed by atoms with E-state index in [2.05, 4.69) is 43.1 Å². The second kappa shape index (κ2) is 11.7. The van der Waals surface area contributed by atoms with E-state index in [4.69, 9.17) is 5.73 Å². The van der Waals surface area contributed by atoms with E-state index in [0.717, 1.165) is 18.2 Å². The molecule has 1 fully saturated rings. The highest BCUT2D eigenvalue weighted by molar-refractivity contribution is 5.94. The lowest BCUT2D eigenvalue weighted by Crippen LogP contribution is -2.36. The smallest absolute Gasteiger partial charge is 0.241 e. The second-order valence-electron chi connectivity index (χ2n) is 7.40. The van der Waals surface area contributed by atoms with Gasteiger partial charge in [0.2, 0.25) is 5.91 Å². The van der Waals surface area contributed by atoms with Crippen LogP contribution in [0.1, 0.15) is 45.6 Å². The summed E-state index contributed by atoms with van der Waals surface area (Å²) in [5, 5.41) is 2.91. The van der Waals surface area contributed by atoms with Gasteiger partial charge in [-0.2, -0.15) is 0 Å². The van der Waals surface area contributed by atoms with Crippen molar-refractivity contribution in [2.75, 3.05) is 18.4 Å². The Morgan fingerprint density at radius 3 is 2.48 bits per heavy atom. The first-order valence-electron chi connectivity index (χ1n) is 8.81. The van der Waals surface area contributed by atoms with E-state index in [-0.39, 0.29) is 30.7 Å². The number of nitrogens with two attached hydrogens (primary N) is 1. The average Bonchev–Trinajstić information content (AvgIpc) is 2.48. The number of carbonyl (C=O) groups is 1. The molecular weight excluding hydrogens is 357 g/mol.